The summed E-state index contributed by atoms with van der Waals surface area (Å²) in [5.74, 6) is -0.342. The highest BCUT2D eigenvalue weighted by atomic mass is 16.3. The first-order valence-electron chi connectivity index (χ1n) is 7.17. The maximum Gasteiger partial charge on any atom is 0.277 e. The van der Waals surface area contributed by atoms with E-state index in [9.17, 15) is 9.90 Å². The minimum absolute atomic E-state index is 0.0761. The number of carbonyl (C=O) groups excluding carboxylic acids is 1. The zero-order chi connectivity index (χ0) is 16.2. The SMILES string of the molecule is Cc1ccc(CO)cc1NC(=O)c1cnn(-c2ccccc2)n1. The normalized spacial score (nSPS) is 10.5. The standard InChI is InChI=1S/C17H16N4O2/c1-12-7-8-13(11-22)9-15(12)19-17(23)16-10-18-21(20-16)14-5-3-2-4-6-14/h2-10,22H,11H2,1H3,(H,19,23). The van der Waals surface area contributed by atoms with E-state index in [0.29, 0.717) is 5.69 Å². The molecule has 6 nitrogen and oxygen atoms in total. The summed E-state index contributed by atoms with van der Waals surface area (Å²) in [6.45, 7) is 1.81. The lowest BCUT2D eigenvalue weighted by Gasteiger charge is -2.08. The Morgan fingerprint density at radius 3 is 2.74 bits per heavy atom. The number of aliphatic hydroxyl groups is 1. The maximum absolute atomic E-state index is 12.3. The molecule has 0 fully saturated rings. The number of rotatable bonds is 4. The molecule has 2 N–H and O–H groups in total. The Morgan fingerprint density at radius 1 is 1.22 bits per heavy atom. The molecule has 0 bridgehead atoms. The lowest BCUT2D eigenvalue weighted by molar-refractivity contribution is 0.102. The number of amides is 1. The summed E-state index contributed by atoms with van der Waals surface area (Å²) in [6.07, 6.45) is 1.42. The van der Waals surface area contributed by atoms with Crippen LogP contribution in [0.15, 0.2) is 54.7 Å². The first-order chi connectivity index (χ1) is 11.2. The van der Waals surface area contributed by atoms with E-state index in [2.05, 4.69) is 15.5 Å². The van der Waals surface area contributed by atoms with Crippen LogP contribution in [0.1, 0.15) is 21.6 Å². The second-order valence-corrected chi connectivity index (χ2v) is 5.12. The highest BCUT2D eigenvalue weighted by Crippen LogP contribution is 2.17. The van der Waals surface area contributed by atoms with Crippen LogP contribution in [-0.4, -0.2) is 26.0 Å². The maximum atomic E-state index is 12.3. The van der Waals surface area contributed by atoms with Crippen molar-refractivity contribution < 1.29 is 9.90 Å². The number of aryl methyl sites for hydroxylation is 1. The van der Waals surface area contributed by atoms with E-state index in [0.717, 1.165) is 16.8 Å². The molecule has 0 aliphatic rings. The third-order valence-electron chi connectivity index (χ3n) is 3.44. The molecule has 1 amide bonds. The number of carbonyl (C=O) groups is 1. The Hall–Kier alpha value is -2.99. The van der Waals surface area contributed by atoms with Gasteiger partial charge in [-0.15, -0.1) is 5.10 Å². The zero-order valence-corrected chi connectivity index (χ0v) is 12.6. The number of nitrogens with zero attached hydrogens (tertiary/aromatic N) is 3. The van der Waals surface area contributed by atoms with Gasteiger partial charge in [0.05, 0.1) is 18.5 Å². The lowest BCUT2D eigenvalue weighted by Crippen LogP contribution is -2.14. The van der Waals surface area contributed by atoms with Gasteiger partial charge in [0.1, 0.15) is 0 Å². The first kappa shape index (κ1) is 14.9. The van der Waals surface area contributed by atoms with E-state index >= 15 is 0 Å². The van der Waals surface area contributed by atoms with Crippen molar-refractivity contribution in [1.82, 2.24) is 15.0 Å². The molecule has 0 aliphatic heterocycles. The molecule has 116 valence electrons. The van der Waals surface area contributed by atoms with Gasteiger partial charge in [-0.1, -0.05) is 30.3 Å². The van der Waals surface area contributed by atoms with E-state index in [4.69, 9.17) is 0 Å². The van der Waals surface area contributed by atoms with Gasteiger partial charge < -0.3 is 10.4 Å². The summed E-state index contributed by atoms with van der Waals surface area (Å²) in [4.78, 5) is 13.7. The number of nitrogens with one attached hydrogen (secondary N) is 1. The van der Waals surface area contributed by atoms with Crippen LogP contribution in [0.2, 0.25) is 0 Å². The minimum Gasteiger partial charge on any atom is -0.392 e. The van der Waals surface area contributed by atoms with Gasteiger partial charge >= 0.3 is 0 Å². The molecule has 3 aromatic rings. The van der Waals surface area contributed by atoms with Crippen molar-refractivity contribution in [2.24, 2.45) is 0 Å². The second-order valence-electron chi connectivity index (χ2n) is 5.12. The number of aromatic nitrogens is 3. The van der Waals surface area contributed by atoms with Gasteiger partial charge in [-0.3, -0.25) is 4.79 Å². The smallest absolute Gasteiger partial charge is 0.277 e. The predicted molar refractivity (Wildman–Crippen MR) is 86.4 cm³/mol. The highest BCUT2D eigenvalue weighted by molar-refractivity contribution is 6.03. The lowest BCUT2D eigenvalue weighted by atomic mass is 10.1. The molecule has 0 saturated heterocycles. The monoisotopic (exact) mass is 308 g/mol. The van der Waals surface area contributed by atoms with Gasteiger partial charge in [0.15, 0.2) is 5.69 Å². The topological polar surface area (TPSA) is 80.0 Å². The molecule has 0 atom stereocenters. The van der Waals surface area contributed by atoms with Crippen molar-refractivity contribution >= 4 is 11.6 Å². The Labute approximate surface area is 133 Å². The predicted octanol–water partition coefficient (Wildman–Crippen LogP) is 2.32. The molecular weight excluding hydrogens is 292 g/mol. The fraction of sp³-hybridized carbons (Fsp3) is 0.118. The fourth-order valence-corrected chi connectivity index (χ4v) is 2.14. The van der Waals surface area contributed by atoms with Crippen molar-refractivity contribution in [2.45, 2.75) is 13.5 Å². The van der Waals surface area contributed by atoms with Gasteiger partial charge in [0.2, 0.25) is 0 Å². The van der Waals surface area contributed by atoms with Crippen LogP contribution in [0.3, 0.4) is 0 Å². The summed E-state index contributed by atoms with van der Waals surface area (Å²) >= 11 is 0. The van der Waals surface area contributed by atoms with Crippen LogP contribution in [-0.2, 0) is 6.61 Å². The number of hydrogen-bond acceptors (Lipinski definition) is 4. The zero-order valence-electron chi connectivity index (χ0n) is 12.6. The number of anilines is 1. The molecule has 23 heavy (non-hydrogen) atoms. The van der Waals surface area contributed by atoms with Gasteiger partial charge in [0.25, 0.3) is 5.91 Å². The molecule has 6 heteroatoms. The first-order valence-corrected chi connectivity index (χ1v) is 7.17. The molecule has 3 rings (SSSR count). The Kier molecular flexibility index (Phi) is 4.16. The van der Waals surface area contributed by atoms with Gasteiger partial charge in [-0.2, -0.15) is 9.90 Å². The number of para-hydroxylation sites is 1. The average molecular weight is 308 g/mol. The summed E-state index contributed by atoms with van der Waals surface area (Å²) in [7, 11) is 0. The highest BCUT2D eigenvalue weighted by Gasteiger charge is 2.13. The number of aliphatic hydroxyl groups excluding tert-OH is 1. The molecule has 0 aliphatic carbocycles. The number of benzene rings is 2. The van der Waals surface area contributed by atoms with Crippen LogP contribution in [0.4, 0.5) is 5.69 Å². The summed E-state index contributed by atoms with van der Waals surface area (Å²) in [5.41, 5.74) is 3.30. The Balaban J connectivity index is 1.81. The van der Waals surface area contributed by atoms with E-state index < -0.39 is 0 Å². The quantitative estimate of drug-likeness (QED) is 0.775. The average Bonchev–Trinajstić information content (AvgIpc) is 3.08. The van der Waals surface area contributed by atoms with Crippen LogP contribution < -0.4 is 5.32 Å². The van der Waals surface area contributed by atoms with Crippen molar-refractivity contribution in [3.63, 3.8) is 0 Å². The van der Waals surface area contributed by atoms with Gasteiger partial charge in [-0.05, 0) is 36.2 Å². The molecule has 0 unspecified atom stereocenters. The molecule has 2 aromatic carbocycles. The summed E-state index contributed by atoms with van der Waals surface area (Å²) in [5, 5.41) is 20.3. The van der Waals surface area contributed by atoms with Crippen molar-refractivity contribution in [3.8, 4) is 5.69 Å². The van der Waals surface area contributed by atoms with E-state index in [1.807, 2.05) is 49.4 Å². The third-order valence-corrected chi connectivity index (χ3v) is 3.44. The van der Waals surface area contributed by atoms with Crippen LogP contribution in [0.25, 0.3) is 5.69 Å². The molecule has 0 saturated carbocycles. The Morgan fingerprint density at radius 2 is 2.00 bits per heavy atom. The molecule has 1 aromatic heterocycles. The van der Waals surface area contributed by atoms with Crippen molar-refractivity contribution in [2.75, 3.05) is 5.32 Å². The summed E-state index contributed by atoms with van der Waals surface area (Å²) < 4.78 is 0. The van der Waals surface area contributed by atoms with E-state index in [1.165, 1.54) is 11.0 Å². The molecule has 0 radical (unpaired) electrons. The van der Waals surface area contributed by atoms with Gasteiger partial charge in [0, 0.05) is 5.69 Å². The third kappa shape index (κ3) is 3.27. The molecule has 1 heterocycles. The van der Waals surface area contributed by atoms with Crippen LogP contribution in [0.5, 0.6) is 0 Å². The Bertz CT molecular complexity index is 828. The second kappa shape index (κ2) is 6.41. The van der Waals surface area contributed by atoms with Crippen LogP contribution >= 0.6 is 0 Å². The summed E-state index contributed by atoms with van der Waals surface area (Å²) in [6, 6.07) is 14.8. The fourth-order valence-electron chi connectivity index (χ4n) is 2.14. The largest absolute Gasteiger partial charge is 0.392 e. The van der Waals surface area contributed by atoms with E-state index in [1.54, 1.807) is 6.07 Å². The van der Waals surface area contributed by atoms with Gasteiger partial charge in [-0.25, -0.2) is 0 Å². The number of hydrogen-bond donors (Lipinski definition) is 2. The van der Waals surface area contributed by atoms with Crippen LogP contribution in [0, 0.1) is 6.92 Å². The molecular formula is C17H16N4O2. The van der Waals surface area contributed by atoms with E-state index in [-0.39, 0.29) is 18.2 Å². The molecule has 0 spiro atoms. The van der Waals surface area contributed by atoms with Crippen molar-refractivity contribution in [3.05, 3.63) is 71.5 Å². The minimum atomic E-state index is -0.342. The van der Waals surface area contributed by atoms with Crippen molar-refractivity contribution in [1.29, 1.82) is 0 Å².